The molecule has 0 unspecified atom stereocenters. The zero-order chi connectivity index (χ0) is 10.8. The molecular formula is C10H9NO4. The lowest BCUT2D eigenvalue weighted by Crippen LogP contribution is -2.43. The van der Waals surface area contributed by atoms with Crippen LogP contribution in [-0.4, -0.2) is 30.1 Å². The molecule has 0 spiro atoms. The van der Waals surface area contributed by atoms with Gasteiger partial charge in [-0.05, 0) is 12.1 Å². The maximum absolute atomic E-state index is 10.8. The number of amides is 1. The predicted octanol–water partition coefficient (Wildman–Crippen LogP) is 0.495. The van der Waals surface area contributed by atoms with Crippen LogP contribution in [-0.2, 0) is 9.59 Å². The number of rotatable bonds is 2. The topological polar surface area (TPSA) is 66.8 Å². The summed E-state index contributed by atoms with van der Waals surface area (Å²) in [5.74, 6) is -0.653. The first-order valence-electron chi connectivity index (χ1n) is 4.43. The molecule has 0 aliphatic carbocycles. The van der Waals surface area contributed by atoms with Crippen molar-refractivity contribution >= 4 is 18.1 Å². The van der Waals surface area contributed by atoms with Gasteiger partial charge in [0.25, 0.3) is 0 Å². The number of fused-ring (bicyclic) bond motifs is 1. The second-order valence-corrected chi connectivity index (χ2v) is 3.17. The van der Waals surface area contributed by atoms with Gasteiger partial charge >= 0.3 is 5.97 Å². The van der Waals surface area contributed by atoms with Gasteiger partial charge < -0.3 is 14.7 Å². The summed E-state index contributed by atoms with van der Waals surface area (Å²) in [5, 5.41) is 8.81. The summed E-state index contributed by atoms with van der Waals surface area (Å²) in [7, 11) is 0. The zero-order valence-corrected chi connectivity index (χ0v) is 7.79. The maximum Gasteiger partial charge on any atom is 0.346 e. The van der Waals surface area contributed by atoms with Crippen molar-refractivity contribution in [3.05, 3.63) is 24.3 Å². The van der Waals surface area contributed by atoms with Gasteiger partial charge in [-0.3, -0.25) is 4.79 Å². The van der Waals surface area contributed by atoms with E-state index in [0.717, 1.165) is 0 Å². The lowest BCUT2D eigenvalue weighted by atomic mass is 10.2. The van der Waals surface area contributed by atoms with Crippen LogP contribution in [0.4, 0.5) is 5.69 Å². The van der Waals surface area contributed by atoms with Gasteiger partial charge in [0.15, 0.2) is 0 Å². The molecule has 15 heavy (non-hydrogen) atoms. The van der Waals surface area contributed by atoms with Gasteiger partial charge in [-0.2, -0.15) is 0 Å². The van der Waals surface area contributed by atoms with E-state index < -0.39 is 12.1 Å². The van der Waals surface area contributed by atoms with E-state index in [0.29, 0.717) is 17.8 Å². The van der Waals surface area contributed by atoms with Crippen LogP contribution >= 0.6 is 0 Å². The molecule has 1 aliphatic heterocycles. The van der Waals surface area contributed by atoms with Crippen molar-refractivity contribution in [2.45, 2.75) is 6.10 Å². The first-order chi connectivity index (χ1) is 7.22. The summed E-state index contributed by atoms with van der Waals surface area (Å²) in [6.45, 7) is 0.0375. The van der Waals surface area contributed by atoms with Crippen molar-refractivity contribution in [3.63, 3.8) is 0 Å². The zero-order valence-electron chi connectivity index (χ0n) is 7.79. The fourth-order valence-corrected chi connectivity index (χ4v) is 1.49. The molecule has 5 nitrogen and oxygen atoms in total. The van der Waals surface area contributed by atoms with Crippen LogP contribution in [0.3, 0.4) is 0 Å². The average molecular weight is 207 g/mol. The van der Waals surface area contributed by atoms with Crippen LogP contribution in [0.2, 0.25) is 0 Å². The number of carbonyl (C=O) groups is 2. The normalized spacial score (nSPS) is 18.9. The van der Waals surface area contributed by atoms with Crippen LogP contribution in [0.25, 0.3) is 0 Å². The van der Waals surface area contributed by atoms with E-state index in [-0.39, 0.29) is 6.54 Å². The third-order valence-corrected chi connectivity index (χ3v) is 2.21. The SMILES string of the molecule is O=CN1C[C@@H](C(=O)O)Oc2ccccc21. The predicted molar refractivity (Wildman–Crippen MR) is 51.9 cm³/mol. The molecule has 0 saturated heterocycles. The van der Waals surface area contributed by atoms with E-state index in [1.54, 1.807) is 24.3 Å². The van der Waals surface area contributed by atoms with Crippen LogP contribution < -0.4 is 9.64 Å². The molecule has 1 heterocycles. The van der Waals surface area contributed by atoms with Crippen LogP contribution in [0, 0.1) is 0 Å². The number of ether oxygens (including phenoxy) is 1. The highest BCUT2D eigenvalue weighted by atomic mass is 16.5. The van der Waals surface area contributed by atoms with E-state index in [2.05, 4.69) is 0 Å². The van der Waals surface area contributed by atoms with Gasteiger partial charge in [0, 0.05) is 0 Å². The van der Waals surface area contributed by atoms with Gasteiger partial charge in [0.2, 0.25) is 12.5 Å². The number of hydrogen-bond acceptors (Lipinski definition) is 3. The maximum atomic E-state index is 10.8. The second-order valence-electron chi connectivity index (χ2n) is 3.17. The smallest absolute Gasteiger partial charge is 0.346 e. The Labute approximate surface area is 85.9 Å². The number of nitrogens with zero attached hydrogens (tertiary/aromatic N) is 1. The second kappa shape index (κ2) is 3.61. The van der Waals surface area contributed by atoms with Gasteiger partial charge in [-0.15, -0.1) is 0 Å². The Kier molecular flexibility index (Phi) is 2.29. The molecule has 0 fully saturated rings. The first kappa shape index (κ1) is 9.51. The summed E-state index contributed by atoms with van der Waals surface area (Å²) in [6.07, 6.45) is -0.387. The van der Waals surface area contributed by atoms with E-state index in [9.17, 15) is 9.59 Å². The molecule has 78 valence electrons. The molecule has 0 bridgehead atoms. The van der Waals surface area contributed by atoms with Crippen molar-refractivity contribution in [2.24, 2.45) is 0 Å². The Balaban J connectivity index is 2.38. The van der Waals surface area contributed by atoms with Gasteiger partial charge in [0.05, 0.1) is 12.2 Å². The Hall–Kier alpha value is -2.04. The van der Waals surface area contributed by atoms with Gasteiger partial charge in [-0.1, -0.05) is 12.1 Å². The standard InChI is InChI=1S/C10H9NO4/c12-6-11-5-9(10(13)14)15-8-4-2-1-3-7(8)11/h1-4,6,9H,5H2,(H,13,14)/t9-/m0/s1. The fraction of sp³-hybridized carbons (Fsp3) is 0.200. The summed E-state index contributed by atoms with van der Waals surface area (Å²) >= 11 is 0. The minimum atomic E-state index is -1.07. The molecule has 5 heteroatoms. The largest absolute Gasteiger partial charge is 0.478 e. The molecule has 0 radical (unpaired) electrons. The number of benzene rings is 1. The van der Waals surface area contributed by atoms with Crippen molar-refractivity contribution in [1.82, 2.24) is 0 Å². The molecule has 0 aromatic heterocycles. The van der Waals surface area contributed by atoms with Gasteiger partial charge in [0.1, 0.15) is 5.75 Å². The third-order valence-electron chi connectivity index (χ3n) is 2.21. The molecular weight excluding hydrogens is 198 g/mol. The summed E-state index contributed by atoms with van der Waals surface area (Å²) in [6, 6.07) is 6.84. The summed E-state index contributed by atoms with van der Waals surface area (Å²) < 4.78 is 5.23. The van der Waals surface area contributed by atoms with Crippen LogP contribution in [0.5, 0.6) is 5.75 Å². The molecule has 1 atom stereocenters. The molecule has 1 aromatic rings. The first-order valence-corrected chi connectivity index (χ1v) is 4.43. The molecule has 1 amide bonds. The molecule has 1 aromatic carbocycles. The highest BCUT2D eigenvalue weighted by Crippen LogP contribution is 2.31. The molecule has 0 saturated carbocycles. The van der Waals surface area contributed by atoms with E-state index in [4.69, 9.17) is 9.84 Å². The molecule has 1 N–H and O–H groups in total. The Morgan fingerprint density at radius 1 is 1.53 bits per heavy atom. The third kappa shape index (κ3) is 1.63. The summed E-state index contributed by atoms with van der Waals surface area (Å²) in [4.78, 5) is 22.9. The van der Waals surface area contributed by atoms with Gasteiger partial charge in [-0.25, -0.2) is 4.79 Å². The number of hydrogen-bond donors (Lipinski definition) is 1. The quantitative estimate of drug-likeness (QED) is 0.717. The highest BCUT2D eigenvalue weighted by molar-refractivity contribution is 5.84. The van der Waals surface area contributed by atoms with Crippen LogP contribution in [0.15, 0.2) is 24.3 Å². The van der Waals surface area contributed by atoms with Crippen molar-refractivity contribution < 1.29 is 19.4 Å². The van der Waals surface area contributed by atoms with E-state index >= 15 is 0 Å². The Bertz CT molecular complexity index is 404. The fourth-order valence-electron chi connectivity index (χ4n) is 1.49. The lowest BCUT2D eigenvalue weighted by molar-refractivity contribution is -0.144. The lowest BCUT2D eigenvalue weighted by Gasteiger charge is -2.30. The van der Waals surface area contributed by atoms with Crippen molar-refractivity contribution in [2.75, 3.05) is 11.4 Å². The number of anilines is 1. The number of carboxylic acid groups (broad SMARTS) is 1. The minimum absolute atomic E-state index is 0.0375. The number of para-hydroxylation sites is 2. The monoisotopic (exact) mass is 207 g/mol. The molecule has 2 rings (SSSR count). The molecule has 1 aliphatic rings. The highest BCUT2D eigenvalue weighted by Gasteiger charge is 2.29. The number of aliphatic carboxylic acids is 1. The Morgan fingerprint density at radius 2 is 2.27 bits per heavy atom. The van der Waals surface area contributed by atoms with Crippen molar-refractivity contribution in [1.29, 1.82) is 0 Å². The minimum Gasteiger partial charge on any atom is -0.478 e. The average Bonchev–Trinajstić information content (AvgIpc) is 2.27. The van der Waals surface area contributed by atoms with Crippen molar-refractivity contribution in [3.8, 4) is 5.75 Å². The Morgan fingerprint density at radius 3 is 2.93 bits per heavy atom. The number of carboxylic acids is 1. The number of carbonyl (C=O) groups excluding carboxylic acids is 1. The van der Waals surface area contributed by atoms with Crippen LogP contribution in [0.1, 0.15) is 0 Å². The summed E-state index contributed by atoms with van der Waals surface area (Å²) in [5.41, 5.74) is 0.602. The van der Waals surface area contributed by atoms with E-state index in [1.165, 1.54) is 4.90 Å². The van der Waals surface area contributed by atoms with E-state index in [1.807, 2.05) is 0 Å².